The number of carbonyl (C=O) groups is 1. The first-order valence-electron chi connectivity index (χ1n) is 6.33. The third-order valence-electron chi connectivity index (χ3n) is 3.30. The Morgan fingerprint density at radius 1 is 1.21 bits per heavy atom. The van der Waals surface area contributed by atoms with Gasteiger partial charge in [-0.2, -0.15) is 0 Å². The molecule has 0 atom stereocenters. The van der Waals surface area contributed by atoms with Gasteiger partial charge in [-0.05, 0) is 18.9 Å². The van der Waals surface area contributed by atoms with Crippen LogP contribution in [0.4, 0.5) is 5.69 Å². The van der Waals surface area contributed by atoms with Crippen molar-refractivity contribution in [3.05, 3.63) is 38.9 Å². The van der Waals surface area contributed by atoms with Crippen LogP contribution in [0.3, 0.4) is 0 Å². The Bertz CT molecular complexity index is 497. The van der Waals surface area contributed by atoms with Crippen LogP contribution in [-0.2, 0) is 0 Å². The quantitative estimate of drug-likeness (QED) is 0.618. The second-order valence-corrected chi connectivity index (χ2v) is 5.00. The summed E-state index contributed by atoms with van der Waals surface area (Å²) in [6.07, 6.45) is 4.05. The third-order valence-corrected chi connectivity index (χ3v) is 3.61. The Morgan fingerprint density at radius 2 is 1.84 bits per heavy atom. The lowest BCUT2D eigenvalue weighted by atomic mass is 10.1. The first-order valence-corrected chi connectivity index (χ1v) is 6.71. The minimum Gasteiger partial charge on any atom is -0.338 e. The molecule has 0 saturated carbocycles. The lowest BCUT2D eigenvalue weighted by molar-refractivity contribution is -0.385. The largest absolute Gasteiger partial charge is 0.338 e. The Hall–Kier alpha value is -1.62. The second-order valence-electron chi connectivity index (χ2n) is 4.60. The Labute approximate surface area is 116 Å². The van der Waals surface area contributed by atoms with Crippen molar-refractivity contribution in [3.8, 4) is 0 Å². The molecule has 1 aromatic rings. The first-order chi connectivity index (χ1) is 9.11. The molecule has 0 aromatic heterocycles. The predicted molar refractivity (Wildman–Crippen MR) is 72.5 cm³/mol. The van der Waals surface area contributed by atoms with Crippen LogP contribution in [0.15, 0.2) is 18.2 Å². The number of halogens is 1. The average Bonchev–Trinajstić information content (AvgIpc) is 2.66. The summed E-state index contributed by atoms with van der Waals surface area (Å²) in [5, 5.41) is 11.1. The molecule has 0 aliphatic carbocycles. The van der Waals surface area contributed by atoms with Crippen LogP contribution in [-0.4, -0.2) is 28.8 Å². The molecule has 102 valence electrons. The van der Waals surface area contributed by atoms with Gasteiger partial charge in [0.2, 0.25) is 0 Å². The summed E-state index contributed by atoms with van der Waals surface area (Å²) in [6.45, 7) is 1.28. The van der Waals surface area contributed by atoms with Crippen molar-refractivity contribution in [2.75, 3.05) is 13.1 Å². The molecule has 0 unspecified atom stereocenters. The van der Waals surface area contributed by atoms with Crippen LogP contribution in [0.5, 0.6) is 0 Å². The van der Waals surface area contributed by atoms with Gasteiger partial charge in [-0.1, -0.05) is 30.5 Å². The molecule has 0 N–H and O–H groups in total. The minimum absolute atomic E-state index is 0.0102. The second kappa shape index (κ2) is 6.02. The van der Waals surface area contributed by atoms with Gasteiger partial charge in [0.15, 0.2) is 0 Å². The number of nitro benzene ring substituents is 1. The zero-order valence-electron chi connectivity index (χ0n) is 10.5. The van der Waals surface area contributed by atoms with E-state index >= 15 is 0 Å². The van der Waals surface area contributed by atoms with E-state index in [0.29, 0.717) is 13.1 Å². The molecule has 2 rings (SSSR count). The fraction of sp³-hybridized carbons (Fsp3) is 0.462. The number of likely N-dealkylation sites (tertiary alicyclic amines) is 1. The zero-order chi connectivity index (χ0) is 13.8. The van der Waals surface area contributed by atoms with E-state index in [4.69, 9.17) is 11.6 Å². The number of rotatable bonds is 2. The number of nitro groups is 1. The molecule has 1 saturated heterocycles. The van der Waals surface area contributed by atoms with Gasteiger partial charge in [-0.3, -0.25) is 14.9 Å². The van der Waals surface area contributed by atoms with Crippen molar-refractivity contribution in [1.82, 2.24) is 4.90 Å². The average molecular weight is 283 g/mol. The van der Waals surface area contributed by atoms with E-state index in [1.807, 2.05) is 0 Å². The summed E-state index contributed by atoms with van der Waals surface area (Å²) in [5.41, 5.74) is -0.210. The Balaban J connectivity index is 2.34. The molecule has 19 heavy (non-hydrogen) atoms. The summed E-state index contributed by atoms with van der Waals surface area (Å²) >= 11 is 5.98. The smallest absolute Gasteiger partial charge is 0.283 e. The van der Waals surface area contributed by atoms with Gasteiger partial charge in [-0.25, -0.2) is 0 Å². The molecule has 1 aromatic carbocycles. The highest BCUT2D eigenvalue weighted by molar-refractivity contribution is 6.34. The first kappa shape index (κ1) is 13.8. The standard InChI is InChI=1S/C13H15ClN2O3/c14-10-6-5-7-11(16(18)19)12(10)13(17)15-8-3-1-2-4-9-15/h5-7H,1-4,8-9H2. The molecule has 1 aliphatic heterocycles. The number of benzene rings is 1. The number of carbonyl (C=O) groups excluding carboxylic acids is 1. The highest BCUT2D eigenvalue weighted by Gasteiger charge is 2.27. The Kier molecular flexibility index (Phi) is 4.37. The van der Waals surface area contributed by atoms with Crippen molar-refractivity contribution >= 4 is 23.2 Å². The fourth-order valence-corrected chi connectivity index (χ4v) is 2.56. The van der Waals surface area contributed by atoms with Crippen molar-refractivity contribution in [3.63, 3.8) is 0 Å². The van der Waals surface area contributed by atoms with Gasteiger partial charge in [0, 0.05) is 19.2 Å². The molecule has 1 amide bonds. The molecule has 1 aliphatic rings. The van der Waals surface area contributed by atoms with Crippen LogP contribution in [0.2, 0.25) is 5.02 Å². The monoisotopic (exact) mass is 282 g/mol. The van der Waals surface area contributed by atoms with Crippen LogP contribution in [0.25, 0.3) is 0 Å². The number of hydrogen-bond donors (Lipinski definition) is 0. The third kappa shape index (κ3) is 3.04. The van der Waals surface area contributed by atoms with Crippen molar-refractivity contribution in [2.24, 2.45) is 0 Å². The molecule has 5 nitrogen and oxygen atoms in total. The normalized spacial score (nSPS) is 15.9. The van der Waals surface area contributed by atoms with Crippen LogP contribution < -0.4 is 0 Å². The van der Waals surface area contributed by atoms with E-state index in [0.717, 1.165) is 25.7 Å². The molecule has 0 bridgehead atoms. The molecular formula is C13H15ClN2O3. The zero-order valence-corrected chi connectivity index (χ0v) is 11.2. The molecule has 6 heteroatoms. The molecule has 1 fully saturated rings. The summed E-state index contributed by atoms with van der Waals surface area (Å²) in [5.74, 6) is -0.334. The van der Waals surface area contributed by atoms with E-state index in [2.05, 4.69) is 0 Å². The van der Waals surface area contributed by atoms with Gasteiger partial charge in [0.1, 0.15) is 5.56 Å². The molecular weight excluding hydrogens is 268 g/mol. The van der Waals surface area contributed by atoms with Gasteiger partial charge in [-0.15, -0.1) is 0 Å². The number of nitrogens with zero attached hydrogens (tertiary/aromatic N) is 2. The summed E-state index contributed by atoms with van der Waals surface area (Å²) in [7, 11) is 0. The van der Waals surface area contributed by atoms with Crippen molar-refractivity contribution < 1.29 is 9.72 Å². The summed E-state index contributed by atoms with van der Waals surface area (Å²) in [4.78, 5) is 24.6. The van der Waals surface area contributed by atoms with E-state index < -0.39 is 4.92 Å². The lowest BCUT2D eigenvalue weighted by Gasteiger charge is -2.20. The van der Waals surface area contributed by atoms with E-state index in [1.54, 1.807) is 4.90 Å². The number of hydrogen-bond acceptors (Lipinski definition) is 3. The lowest BCUT2D eigenvalue weighted by Crippen LogP contribution is -2.32. The van der Waals surface area contributed by atoms with Crippen LogP contribution in [0, 0.1) is 10.1 Å². The van der Waals surface area contributed by atoms with E-state index in [-0.39, 0.29) is 22.2 Å². The maximum absolute atomic E-state index is 12.4. The fourth-order valence-electron chi connectivity index (χ4n) is 2.31. The van der Waals surface area contributed by atoms with E-state index in [9.17, 15) is 14.9 Å². The maximum atomic E-state index is 12.4. The summed E-state index contributed by atoms with van der Waals surface area (Å²) < 4.78 is 0. The highest BCUT2D eigenvalue weighted by Crippen LogP contribution is 2.28. The van der Waals surface area contributed by atoms with Crippen molar-refractivity contribution in [1.29, 1.82) is 0 Å². The maximum Gasteiger partial charge on any atom is 0.283 e. The van der Waals surface area contributed by atoms with Gasteiger partial charge in [0.05, 0.1) is 9.95 Å². The molecule has 0 spiro atoms. The van der Waals surface area contributed by atoms with Gasteiger partial charge >= 0.3 is 0 Å². The SMILES string of the molecule is O=C(c1c(Cl)cccc1[N+](=O)[O-])N1CCCCCC1. The van der Waals surface area contributed by atoms with Crippen LogP contribution in [0.1, 0.15) is 36.0 Å². The van der Waals surface area contributed by atoms with Gasteiger partial charge in [0.25, 0.3) is 11.6 Å². The molecule has 1 heterocycles. The highest BCUT2D eigenvalue weighted by atomic mass is 35.5. The van der Waals surface area contributed by atoms with Gasteiger partial charge < -0.3 is 4.90 Å². The topological polar surface area (TPSA) is 63.4 Å². The predicted octanol–water partition coefficient (Wildman–Crippen LogP) is 3.26. The van der Waals surface area contributed by atoms with Crippen molar-refractivity contribution in [2.45, 2.75) is 25.7 Å². The Morgan fingerprint density at radius 3 is 2.42 bits per heavy atom. The minimum atomic E-state index is -0.559. The number of amides is 1. The van der Waals surface area contributed by atoms with Crippen LogP contribution >= 0.6 is 11.6 Å². The molecule has 0 radical (unpaired) electrons. The summed E-state index contributed by atoms with van der Waals surface area (Å²) in [6, 6.07) is 4.32. The van der Waals surface area contributed by atoms with E-state index in [1.165, 1.54) is 18.2 Å².